The molecule has 0 atom stereocenters. The van der Waals surface area contributed by atoms with E-state index in [0.717, 1.165) is 31.5 Å². The van der Waals surface area contributed by atoms with Crippen LogP contribution in [0.1, 0.15) is 28.8 Å². The van der Waals surface area contributed by atoms with Crippen LogP contribution in [-0.4, -0.2) is 48.6 Å². The van der Waals surface area contributed by atoms with Gasteiger partial charge >= 0.3 is 11.9 Å². The lowest BCUT2D eigenvalue weighted by Crippen LogP contribution is -2.39. The van der Waals surface area contributed by atoms with E-state index in [4.69, 9.17) is 11.6 Å². The number of rotatable bonds is 5. The molecule has 0 bridgehead atoms. The van der Waals surface area contributed by atoms with Gasteiger partial charge in [0.25, 0.3) is 5.78 Å². The van der Waals surface area contributed by atoms with E-state index in [1.54, 1.807) is 36.4 Å². The third-order valence-corrected chi connectivity index (χ3v) is 5.27. The average Bonchev–Trinajstić information content (AvgIpc) is 3.33. The Morgan fingerprint density at radius 1 is 1.10 bits per heavy atom. The Hall–Kier alpha value is -3.23. The number of Topliss-reactive ketones (excluding diaryl/α,β-unsaturated/α-hetero) is 1. The number of nitrogens with one attached hydrogen (secondary N) is 2. The minimum atomic E-state index is -0.564. The van der Waals surface area contributed by atoms with Gasteiger partial charge in [0.1, 0.15) is 0 Å². The number of carbonyl (C=O) groups is 3. The highest BCUT2D eigenvalue weighted by Gasteiger charge is 2.37. The highest BCUT2D eigenvalue weighted by atomic mass is 35.5. The fourth-order valence-electron chi connectivity index (χ4n) is 3.52. The van der Waals surface area contributed by atoms with Gasteiger partial charge in [-0.15, -0.1) is 0 Å². The molecule has 2 aromatic rings. The average molecular weight is 426 g/mol. The molecule has 30 heavy (non-hydrogen) atoms. The minimum absolute atomic E-state index is 0.293. The summed E-state index contributed by atoms with van der Waals surface area (Å²) < 4.78 is 0. The molecular formula is C21H20ClN5O3. The van der Waals surface area contributed by atoms with Crippen molar-refractivity contribution in [3.63, 3.8) is 0 Å². The Morgan fingerprint density at radius 2 is 1.83 bits per heavy atom. The van der Waals surface area contributed by atoms with E-state index in [2.05, 4.69) is 20.7 Å². The van der Waals surface area contributed by atoms with Crippen LogP contribution in [-0.2, 0) is 4.79 Å². The summed E-state index contributed by atoms with van der Waals surface area (Å²) in [5, 5.41) is 7.10. The fraction of sp³-hybridized carbons (Fsp3) is 0.238. The van der Waals surface area contributed by atoms with Gasteiger partial charge in [0, 0.05) is 10.7 Å². The van der Waals surface area contributed by atoms with E-state index >= 15 is 0 Å². The summed E-state index contributed by atoms with van der Waals surface area (Å²) >= 11 is 5.82. The van der Waals surface area contributed by atoms with E-state index in [-0.39, 0.29) is 0 Å². The van der Waals surface area contributed by atoms with Crippen LogP contribution in [0.5, 0.6) is 0 Å². The summed E-state index contributed by atoms with van der Waals surface area (Å²) in [6.07, 6.45) is 3.68. The van der Waals surface area contributed by atoms with Gasteiger partial charge in [-0.2, -0.15) is 5.10 Å². The molecule has 0 saturated carbocycles. The molecule has 3 amide bonds. The predicted molar refractivity (Wildman–Crippen MR) is 115 cm³/mol. The second kappa shape index (κ2) is 8.64. The van der Waals surface area contributed by atoms with Crippen LogP contribution in [0.4, 0.5) is 16.2 Å². The third kappa shape index (κ3) is 4.34. The maximum absolute atomic E-state index is 12.4. The molecular weight excluding hydrogens is 406 g/mol. The van der Waals surface area contributed by atoms with Gasteiger partial charge in [-0.05, 0) is 61.8 Å². The summed E-state index contributed by atoms with van der Waals surface area (Å²) in [5.41, 5.74) is 4.40. The smallest absolute Gasteiger partial charge is 0.306 e. The van der Waals surface area contributed by atoms with Gasteiger partial charge in [-0.1, -0.05) is 23.7 Å². The molecule has 0 aromatic heterocycles. The monoisotopic (exact) mass is 425 g/mol. The number of carbonyl (C=O) groups excluding carboxylic acids is 3. The minimum Gasteiger partial charge on any atom is -0.306 e. The quantitative estimate of drug-likeness (QED) is 0.437. The van der Waals surface area contributed by atoms with E-state index in [0.29, 0.717) is 28.6 Å². The van der Waals surface area contributed by atoms with Gasteiger partial charge < -0.3 is 5.32 Å². The van der Waals surface area contributed by atoms with Gasteiger partial charge in [0.05, 0.1) is 24.1 Å². The first-order valence-electron chi connectivity index (χ1n) is 9.59. The standard InChI is InChI=1S/C21H20ClN5O3/c22-15-5-3-14(4-6-15)12-23-25-21(30)24-16-7-8-18-17(11-16)19(28)20(29)27(18)13-26-9-1-2-10-26/h3-8,11-12H,1-2,9-10,13H2,(H2,24,25,30)/b23-12+. The van der Waals surface area contributed by atoms with Crippen LogP contribution in [0.2, 0.25) is 5.02 Å². The molecule has 2 aromatic carbocycles. The van der Waals surface area contributed by atoms with E-state index < -0.39 is 17.7 Å². The zero-order valence-electron chi connectivity index (χ0n) is 16.1. The summed E-state index contributed by atoms with van der Waals surface area (Å²) in [7, 11) is 0. The SMILES string of the molecule is O=C(N/N=C/c1ccc(Cl)cc1)Nc1ccc2c(c1)C(=O)C(=O)N2CN1CCCC1. The van der Waals surface area contributed by atoms with Crippen LogP contribution in [0, 0.1) is 0 Å². The van der Waals surface area contributed by atoms with E-state index in [9.17, 15) is 14.4 Å². The van der Waals surface area contributed by atoms with Gasteiger partial charge in [-0.25, -0.2) is 10.2 Å². The van der Waals surface area contributed by atoms with Gasteiger partial charge in [0.2, 0.25) is 0 Å². The van der Waals surface area contributed by atoms with Crippen molar-refractivity contribution in [3.05, 3.63) is 58.6 Å². The second-order valence-electron chi connectivity index (χ2n) is 7.14. The molecule has 1 fully saturated rings. The first-order chi connectivity index (χ1) is 14.5. The number of amides is 3. The molecule has 0 aliphatic carbocycles. The highest BCUT2D eigenvalue weighted by Crippen LogP contribution is 2.31. The Labute approximate surface area is 178 Å². The summed E-state index contributed by atoms with van der Waals surface area (Å²) in [6, 6.07) is 11.3. The molecule has 2 N–H and O–H groups in total. The summed E-state index contributed by atoms with van der Waals surface area (Å²) in [6.45, 7) is 2.25. The molecule has 8 nitrogen and oxygen atoms in total. The molecule has 4 rings (SSSR count). The van der Waals surface area contributed by atoms with E-state index in [1.165, 1.54) is 17.2 Å². The number of halogens is 1. The van der Waals surface area contributed by atoms with Crippen LogP contribution in [0.3, 0.4) is 0 Å². The largest absolute Gasteiger partial charge is 0.339 e. The number of hydrazone groups is 1. The number of urea groups is 1. The molecule has 0 radical (unpaired) electrons. The Kier molecular flexibility index (Phi) is 5.78. The van der Waals surface area contributed by atoms with E-state index in [1.807, 2.05) is 0 Å². The van der Waals surface area contributed by atoms with Crippen LogP contribution < -0.4 is 15.6 Å². The highest BCUT2D eigenvalue weighted by molar-refractivity contribution is 6.52. The maximum Gasteiger partial charge on any atom is 0.339 e. The molecule has 154 valence electrons. The molecule has 1 saturated heterocycles. The van der Waals surface area contributed by atoms with Crippen molar-refractivity contribution in [2.45, 2.75) is 12.8 Å². The van der Waals surface area contributed by atoms with Gasteiger partial charge in [0.15, 0.2) is 0 Å². The van der Waals surface area contributed by atoms with Crippen molar-refractivity contribution in [3.8, 4) is 0 Å². The van der Waals surface area contributed by atoms with Crippen LogP contribution >= 0.6 is 11.6 Å². The zero-order chi connectivity index (χ0) is 21.1. The van der Waals surface area contributed by atoms with Crippen molar-refractivity contribution >= 4 is 46.9 Å². The third-order valence-electron chi connectivity index (χ3n) is 5.02. The first-order valence-corrected chi connectivity index (χ1v) is 9.97. The molecule has 2 aliphatic rings. The summed E-state index contributed by atoms with van der Waals surface area (Å²) in [5.74, 6) is -1.10. The number of nitrogens with zero attached hydrogens (tertiary/aromatic N) is 3. The van der Waals surface area contributed by atoms with Crippen LogP contribution in [0.25, 0.3) is 0 Å². The fourth-order valence-corrected chi connectivity index (χ4v) is 3.64. The normalized spacial score (nSPS) is 16.4. The number of likely N-dealkylation sites (tertiary alicyclic amines) is 1. The molecule has 0 unspecified atom stereocenters. The zero-order valence-corrected chi connectivity index (χ0v) is 16.9. The number of hydrogen-bond acceptors (Lipinski definition) is 5. The molecule has 0 spiro atoms. The van der Waals surface area contributed by atoms with Crippen molar-refractivity contribution in [1.29, 1.82) is 0 Å². The lowest BCUT2D eigenvalue weighted by Gasteiger charge is -2.23. The van der Waals surface area contributed by atoms with Gasteiger partial charge in [-0.3, -0.25) is 19.4 Å². The number of ketones is 1. The Bertz CT molecular complexity index is 1020. The first kappa shape index (κ1) is 20.1. The number of hydrogen-bond donors (Lipinski definition) is 2. The van der Waals surface area contributed by atoms with Crippen molar-refractivity contribution in [1.82, 2.24) is 10.3 Å². The van der Waals surface area contributed by atoms with Crippen molar-refractivity contribution in [2.24, 2.45) is 5.10 Å². The van der Waals surface area contributed by atoms with Crippen molar-refractivity contribution < 1.29 is 14.4 Å². The Balaban J connectivity index is 1.40. The number of fused-ring (bicyclic) bond motifs is 1. The van der Waals surface area contributed by atoms with Crippen LogP contribution in [0.15, 0.2) is 47.6 Å². The topological polar surface area (TPSA) is 94.1 Å². The second-order valence-corrected chi connectivity index (χ2v) is 7.57. The maximum atomic E-state index is 12.4. The number of anilines is 2. The lowest BCUT2D eigenvalue weighted by atomic mass is 10.1. The molecule has 2 heterocycles. The number of benzene rings is 2. The molecule has 9 heteroatoms. The molecule has 2 aliphatic heterocycles. The predicted octanol–water partition coefficient (Wildman–Crippen LogP) is 3.08. The summed E-state index contributed by atoms with van der Waals surface area (Å²) in [4.78, 5) is 40.5. The van der Waals surface area contributed by atoms with Crippen molar-refractivity contribution in [2.75, 3.05) is 30.0 Å². The Morgan fingerprint density at radius 3 is 2.57 bits per heavy atom. The lowest BCUT2D eigenvalue weighted by molar-refractivity contribution is -0.114.